The summed E-state index contributed by atoms with van der Waals surface area (Å²) in [6.07, 6.45) is 5.74. The fourth-order valence-corrected chi connectivity index (χ4v) is 2.61. The molecule has 0 bridgehead atoms. The number of hydrogen-bond donors (Lipinski definition) is 2. The maximum atomic E-state index is 11.2. The third-order valence-electron chi connectivity index (χ3n) is 3.76. The number of carbonyl (C=O) groups is 2. The van der Waals surface area contributed by atoms with Crippen molar-refractivity contribution in [3.8, 4) is 0 Å². The Morgan fingerprint density at radius 2 is 2.19 bits per heavy atom. The van der Waals surface area contributed by atoms with Gasteiger partial charge in [0.25, 0.3) is 0 Å². The minimum Gasteiger partial charge on any atom is -0.480 e. The number of aliphatic carboxylic acids is 1. The minimum atomic E-state index is -1.05. The molecular weight excluding hydrogens is 272 g/mol. The zero-order valence-electron chi connectivity index (χ0n) is 12.0. The summed E-state index contributed by atoms with van der Waals surface area (Å²) in [4.78, 5) is 29.4. The van der Waals surface area contributed by atoms with Gasteiger partial charge in [-0.3, -0.25) is 14.6 Å². The molecule has 2 N–H and O–H groups in total. The van der Waals surface area contributed by atoms with E-state index in [0.717, 1.165) is 31.6 Å². The first-order valence-corrected chi connectivity index (χ1v) is 6.94. The number of carboxylic acids is 1. The maximum Gasteiger partial charge on any atom is 0.323 e. The number of amides is 1. The average Bonchev–Trinajstić information content (AvgIpc) is 2.52. The van der Waals surface area contributed by atoms with E-state index in [1.54, 1.807) is 6.20 Å². The van der Waals surface area contributed by atoms with Gasteiger partial charge in [-0.05, 0) is 32.0 Å². The Morgan fingerprint density at radius 3 is 2.81 bits per heavy atom. The predicted molar refractivity (Wildman–Crippen MR) is 79.6 cm³/mol. The van der Waals surface area contributed by atoms with E-state index in [1.807, 2.05) is 13.1 Å². The van der Waals surface area contributed by atoms with Crippen molar-refractivity contribution in [3.05, 3.63) is 18.5 Å². The van der Waals surface area contributed by atoms with E-state index in [1.165, 1.54) is 11.1 Å². The molecule has 0 aromatic carbocycles. The van der Waals surface area contributed by atoms with Crippen LogP contribution in [0.25, 0.3) is 0 Å². The van der Waals surface area contributed by atoms with E-state index in [2.05, 4.69) is 15.2 Å². The number of rotatable bonds is 6. The average molecular weight is 292 g/mol. The van der Waals surface area contributed by atoms with E-state index in [0.29, 0.717) is 18.1 Å². The number of nitrogens with one attached hydrogen (secondary N) is 1. The molecule has 7 nitrogen and oxygen atoms in total. The molecule has 2 heterocycles. The molecule has 1 aliphatic heterocycles. The summed E-state index contributed by atoms with van der Waals surface area (Å²) in [7, 11) is 1.97. The molecule has 2 rings (SSSR count). The van der Waals surface area contributed by atoms with Crippen LogP contribution < -0.4 is 15.1 Å². The molecule has 0 saturated carbocycles. The zero-order chi connectivity index (χ0) is 15.2. The second-order valence-electron chi connectivity index (χ2n) is 5.08. The third kappa shape index (κ3) is 3.69. The van der Waals surface area contributed by atoms with Gasteiger partial charge in [0.1, 0.15) is 6.54 Å². The first kappa shape index (κ1) is 15.2. The third-order valence-corrected chi connectivity index (χ3v) is 3.76. The summed E-state index contributed by atoms with van der Waals surface area (Å²) in [5.74, 6) is -1.05. The summed E-state index contributed by atoms with van der Waals surface area (Å²) in [5, 5.41) is 12.2. The number of nitrogens with zero attached hydrogens (tertiary/aromatic N) is 3. The second kappa shape index (κ2) is 7.03. The number of anilines is 2. The molecule has 0 radical (unpaired) electrons. The van der Waals surface area contributed by atoms with Crippen LogP contribution in [0.3, 0.4) is 0 Å². The number of pyridine rings is 1. The van der Waals surface area contributed by atoms with Crippen molar-refractivity contribution in [2.45, 2.75) is 18.9 Å². The van der Waals surface area contributed by atoms with Crippen LogP contribution in [0, 0.1) is 0 Å². The maximum absolute atomic E-state index is 11.2. The van der Waals surface area contributed by atoms with Crippen LogP contribution in [0.5, 0.6) is 0 Å². The Hall–Kier alpha value is -2.15. The molecular formula is C14H20N4O3. The summed E-state index contributed by atoms with van der Waals surface area (Å²) in [5.41, 5.74) is 1.35. The van der Waals surface area contributed by atoms with E-state index in [-0.39, 0.29) is 6.54 Å². The molecule has 1 aromatic heterocycles. The van der Waals surface area contributed by atoms with Crippen LogP contribution in [-0.2, 0) is 9.59 Å². The van der Waals surface area contributed by atoms with Crippen LogP contribution in [0.15, 0.2) is 18.5 Å². The molecule has 114 valence electrons. The topological polar surface area (TPSA) is 85.8 Å². The second-order valence-corrected chi connectivity index (χ2v) is 5.08. The lowest BCUT2D eigenvalue weighted by atomic mass is 10.0. The van der Waals surface area contributed by atoms with Gasteiger partial charge >= 0.3 is 5.97 Å². The lowest BCUT2D eigenvalue weighted by molar-refractivity contribution is -0.136. The van der Waals surface area contributed by atoms with Gasteiger partial charge in [0.15, 0.2) is 0 Å². The van der Waals surface area contributed by atoms with E-state index < -0.39 is 5.97 Å². The summed E-state index contributed by atoms with van der Waals surface area (Å²) in [6, 6.07) is 2.18. The molecule has 1 aliphatic rings. The highest BCUT2D eigenvalue weighted by Crippen LogP contribution is 2.29. The molecule has 1 saturated heterocycles. The quantitative estimate of drug-likeness (QED) is 0.734. The van der Waals surface area contributed by atoms with Gasteiger partial charge < -0.3 is 20.2 Å². The number of piperidine rings is 1. The van der Waals surface area contributed by atoms with Crippen molar-refractivity contribution in [1.29, 1.82) is 0 Å². The van der Waals surface area contributed by atoms with Crippen LogP contribution in [0.4, 0.5) is 11.4 Å². The molecule has 1 aromatic rings. The van der Waals surface area contributed by atoms with Crippen molar-refractivity contribution >= 4 is 23.8 Å². The Bertz CT molecular complexity index is 503. The first-order valence-electron chi connectivity index (χ1n) is 6.94. The number of carboxylic acid groups (broad SMARTS) is 1. The van der Waals surface area contributed by atoms with E-state index in [9.17, 15) is 9.59 Å². The molecule has 21 heavy (non-hydrogen) atoms. The Balaban J connectivity index is 2.26. The summed E-state index contributed by atoms with van der Waals surface area (Å²) >= 11 is 0. The zero-order valence-corrected chi connectivity index (χ0v) is 12.0. The molecule has 0 atom stereocenters. The van der Waals surface area contributed by atoms with Gasteiger partial charge in [0.05, 0.1) is 17.6 Å². The van der Waals surface area contributed by atoms with Crippen LogP contribution >= 0.6 is 0 Å². The number of hydrogen-bond acceptors (Lipinski definition) is 5. The van der Waals surface area contributed by atoms with Crippen molar-refractivity contribution in [2.75, 3.05) is 36.5 Å². The molecule has 1 fully saturated rings. The molecule has 1 amide bonds. The number of aromatic nitrogens is 1. The molecule has 0 spiro atoms. The highest BCUT2D eigenvalue weighted by molar-refractivity contribution is 5.89. The molecule has 7 heteroatoms. The highest BCUT2D eigenvalue weighted by atomic mass is 16.4. The molecule has 0 unspecified atom stereocenters. The first-order chi connectivity index (χ1) is 10.1. The summed E-state index contributed by atoms with van der Waals surface area (Å²) in [6.45, 7) is 1.55. The Labute approximate surface area is 123 Å². The molecule has 0 aliphatic carbocycles. The van der Waals surface area contributed by atoms with Gasteiger partial charge in [-0.1, -0.05) is 0 Å². The Kier molecular flexibility index (Phi) is 5.10. The smallest absolute Gasteiger partial charge is 0.323 e. The van der Waals surface area contributed by atoms with Crippen LogP contribution in [0.1, 0.15) is 12.8 Å². The van der Waals surface area contributed by atoms with Gasteiger partial charge in [-0.2, -0.15) is 0 Å². The van der Waals surface area contributed by atoms with Gasteiger partial charge in [-0.15, -0.1) is 0 Å². The van der Waals surface area contributed by atoms with Gasteiger partial charge in [-0.25, -0.2) is 0 Å². The van der Waals surface area contributed by atoms with E-state index >= 15 is 0 Å². The van der Waals surface area contributed by atoms with Crippen LogP contribution in [-0.4, -0.2) is 55.2 Å². The van der Waals surface area contributed by atoms with Gasteiger partial charge in [0, 0.05) is 19.3 Å². The van der Waals surface area contributed by atoms with Crippen molar-refractivity contribution in [2.24, 2.45) is 0 Å². The fraction of sp³-hybridized carbons (Fsp3) is 0.500. The highest BCUT2D eigenvalue weighted by Gasteiger charge is 2.22. The van der Waals surface area contributed by atoms with Gasteiger partial charge in [0.2, 0.25) is 6.41 Å². The van der Waals surface area contributed by atoms with Crippen LogP contribution in [0.2, 0.25) is 0 Å². The fourth-order valence-electron chi connectivity index (χ4n) is 2.61. The monoisotopic (exact) mass is 292 g/mol. The standard InChI is InChI=1S/C14H20N4O3/c1-17(11-2-5-15-6-3-11)12-4-7-16-8-13(12)18(10-19)9-14(20)21/h4,7-8,10-11,15H,2-3,5-6,9H2,1H3,(H,20,21). The lowest BCUT2D eigenvalue weighted by Crippen LogP contribution is -2.42. The normalized spacial score (nSPS) is 15.5. The summed E-state index contributed by atoms with van der Waals surface area (Å²) < 4.78 is 0. The van der Waals surface area contributed by atoms with E-state index in [4.69, 9.17) is 5.11 Å². The lowest BCUT2D eigenvalue weighted by Gasteiger charge is -2.35. The van der Waals surface area contributed by atoms with Crippen molar-refractivity contribution in [1.82, 2.24) is 10.3 Å². The predicted octanol–water partition coefficient (Wildman–Crippen LogP) is 0.317. The van der Waals surface area contributed by atoms with Crippen molar-refractivity contribution < 1.29 is 14.7 Å². The number of carbonyl (C=O) groups excluding carboxylic acids is 1. The minimum absolute atomic E-state index is 0.366. The van der Waals surface area contributed by atoms with Crippen molar-refractivity contribution in [3.63, 3.8) is 0 Å². The Morgan fingerprint density at radius 1 is 1.48 bits per heavy atom. The largest absolute Gasteiger partial charge is 0.480 e. The SMILES string of the molecule is CN(c1ccncc1N(C=O)CC(=O)O)C1CCNCC1.